The third-order valence-electron chi connectivity index (χ3n) is 8.42. The van der Waals surface area contributed by atoms with Crippen molar-refractivity contribution >= 4 is 45.0 Å². The number of fused-ring (bicyclic) bond motifs is 1. The van der Waals surface area contributed by atoms with Gasteiger partial charge >= 0.3 is 6.09 Å². The van der Waals surface area contributed by atoms with Crippen molar-refractivity contribution in [3.05, 3.63) is 87.3 Å². The molecule has 0 saturated heterocycles. The summed E-state index contributed by atoms with van der Waals surface area (Å²) in [6, 6.07) is 16.7. The molecule has 1 aliphatic rings. The van der Waals surface area contributed by atoms with Crippen LogP contribution in [0.25, 0.3) is 21.2 Å². The van der Waals surface area contributed by atoms with Crippen LogP contribution < -0.4 is 4.74 Å². The van der Waals surface area contributed by atoms with E-state index in [1.807, 2.05) is 51.1 Å². The van der Waals surface area contributed by atoms with Crippen molar-refractivity contribution in [3.8, 4) is 22.9 Å². The van der Waals surface area contributed by atoms with E-state index >= 15 is 0 Å². The summed E-state index contributed by atoms with van der Waals surface area (Å²) in [6.07, 6.45) is 1.97. The van der Waals surface area contributed by atoms with E-state index in [0.717, 1.165) is 34.6 Å². The predicted octanol–water partition coefficient (Wildman–Crippen LogP) is 9.20. The number of amides is 2. The van der Waals surface area contributed by atoms with Gasteiger partial charge in [-0.3, -0.25) is 4.79 Å². The molecule has 1 aliphatic carbocycles. The molecule has 1 aromatic heterocycles. The van der Waals surface area contributed by atoms with Gasteiger partial charge in [0.1, 0.15) is 27.9 Å². The van der Waals surface area contributed by atoms with Crippen LogP contribution >= 0.6 is 22.9 Å². The van der Waals surface area contributed by atoms with Gasteiger partial charge in [-0.05, 0) is 94.0 Å². The summed E-state index contributed by atoms with van der Waals surface area (Å²) in [5, 5.41) is 9.19. The van der Waals surface area contributed by atoms with Crippen LogP contribution in [0.4, 0.5) is 13.6 Å². The second kappa shape index (κ2) is 13.9. The van der Waals surface area contributed by atoms with Crippen LogP contribution in [0.1, 0.15) is 67.3 Å². The minimum Gasteiger partial charge on any atom is -0.496 e. The molecule has 0 bridgehead atoms. The maximum atomic E-state index is 14.8. The third-order valence-corrected chi connectivity index (χ3v) is 10.1. The first kappa shape index (κ1) is 34.1. The van der Waals surface area contributed by atoms with Crippen LogP contribution in [-0.4, -0.2) is 53.6 Å². The quantitative estimate of drug-likeness (QED) is 0.195. The number of benzene rings is 3. The number of nitriles is 1. The minimum absolute atomic E-state index is 0.0158. The Morgan fingerprint density at radius 2 is 1.66 bits per heavy atom. The molecular weight excluding hydrogens is 644 g/mol. The number of hydrogen-bond acceptors (Lipinski definition) is 6. The summed E-state index contributed by atoms with van der Waals surface area (Å²) in [5.74, 6) is -1.25. The Kier molecular flexibility index (Phi) is 10.1. The van der Waals surface area contributed by atoms with Gasteiger partial charge in [0.2, 0.25) is 0 Å². The highest BCUT2D eigenvalue weighted by Gasteiger charge is 2.35. The lowest BCUT2D eigenvalue weighted by Crippen LogP contribution is -2.47. The smallest absolute Gasteiger partial charge is 0.410 e. The highest BCUT2D eigenvalue weighted by Crippen LogP contribution is 2.41. The number of rotatable bonds is 7. The summed E-state index contributed by atoms with van der Waals surface area (Å²) < 4.78 is 40.8. The van der Waals surface area contributed by atoms with E-state index in [4.69, 9.17) is 21.1 Å². The van der Waals surface area contributed by atoms with Crippen molar-refractivity contribution in [1.29, 1.82) is 5.26 Å². The molecule has 7 nitrogen and oxygen atoms in total. The van der Waals surface area contributed by atoms with Crippen LogP contribution in [0.5, 0.6) is 5.75 Å². The third kappa shape index (κ3) is 7.37. The van der Waals surface area contributed by atoms with E-state index in [1.54, 1.807) is 36.1 Å². The van der Waals surface area contributed by atoms with Crippen molar-refractivity contribution < 1.29 is 27.8 Å². The molecule has 0 atom stereocenters. The lowest BCUT2D eigenvalue weighted by atomic mass is 9.89. The Hall–Kier alpha value is -4.20. The first-order valence-corrected chi connectivity index (χ1v) is 16.5. The molecule has 0 radical (unpaired) electrons. The van der Waals surface area contributed by atoms with E-state index in [2.05, 4.69) is 6.07 Å². The lowest BCUT2D eigenvalue weighted by molar-refractivity contribution is 0.0144. The molecule has 1 heterocycles. The van der Waals surface area contributed by atoms with E-state index in [9.17, 15) is 23.6 Å². The summed E-state index contributed by atoms with van der Waals surface area (Å²) in [5.41, 5.74) is 2.26. The Labute approximate surface area is 282 Å². The number of nitrogens with zero attached hydrogens (tertiary/aromatic N) is 3. The van der Waals surface area contributed by atoms with Crippen molar-refractivity contribution in [3.63, 3.8) is 0 Å². The molecule has 1 saturated carbocycles. The number of halogens is 3. The number of thiophene rings is 1. The maximum Gasteiger partial charge on any atom is 0.410 e. The van der Waals surface area contributed by atoms with Crippen LogP contribution in [0.15, 0.2) is 54.6 Å². The van der Waals surface area contributed by atoms with Crippen molar-refractivity contribution in [2.45, 2.75) is 70.7 Å². The average molecular weight is 680 g/mol. The topological polar surface area (TPSA) is 82.9 Å². The monoisotopic (exact) mass is 679 g/mol. The molecular formula is C36H36ClF2N3O4S. The van der Waals surface area contributed by atoms with Crippen molar-refractivity contribution in [2.24, 2.45) is 0 Å². The van der Waals surface area contributed by atoms with E-state index < -0.39 is 29.2 Å². The Balaban J connectivity index is 1.50. The molecule has 246 valence electrons. The molecule has 11 heteroatoms. The molecule has 0 unspecified atom stereocenters. The van der Waals surface area contributed by atoms with Gasteiger partial charge in [-0.25, -0.2) is 13.6 Å². The molecule has 0 N–H and O–H groups in total. The zero-order chi connectivity index (χ0) is 34.0. The fourth-order valence-electron chi connectivity index (χ4n) is 6.01. The molecule has 5 rings (SSSR count). The second-order valence-corrected chi connectivity index (χ2v) is 14.1. The molecule has 0 spiro atoms. The first-order valence-electron chi connectivity index (χ1n) is 15.3. The number of methoxy groups -OCH3 is 1. The fourth-order valence-corrected chi connectivity index (χ4v) is 7.51. The fraction of sp³-hybridized carbons (Fsp3) is 0.361. The first-order chi connectivity index (χ1) is 22.3. The Morgan fingerprint density at radius 1 is 1.00 bits per heavy atom. The lowest BCUT2D eigenvalue weighted by Gasteiger charge is -2.40. The van der Waals surface area contributed by atoms with Crippen LogP contribution in [-0.2, 0) is 11.3 Å². The van der Waals surface area contributed by atoms with E-state index in [1.165, 1.54) is 0 Å². The SMILES string of the molecule is COc1ccc(-c2cccc(C#N)c2)cc1CN(C(=O)c1sc2c(F)ccc(F)c2c1Cl)C1CCC(N(C)C(=O)OC(C)(C)C)CC1. The number of ether oxygens (including phenoxy) is 2. The van der Waals surface area contributed by atoms with Crippen LogP contribution in [0.2, 0.25) is 5.02 Å². The van der Waals surface area contributed by atoms with Gasteiger partial charge in [0.05, 0.1) is 33.9 Å². The minimum atomic E-state index is -0.701. The highest BCUT2D eigenvalue weighted by atomic mass is 35.5. The largest absolute Gasteiger partial charge is 0.496 e. The number of carbonyl (C=O) groups excluding carboxylic acids is 2. The van der Waals surface area contributed by atoms with Crippen molar-refractivity contribution in [1.82, 2.24) is 9.80 Å². The van der Waals surface area contributed by atoms with Crippen LogP contribution in [0.3, 0.4) is 0 Å². The zero-order valence-corrected chi connectivity index (χ0v) is 28.5. The number of hydrogen-bond donors (Lipinski definition) is 0. The van der Waals surface area contributed by atoms with Gasteiger partial charge in [-0.2, -0.15) is 5.26 Å². The molecule has 3 aromatic carbocycles. The van der Waals surface area contributed by atoms with Gasteiger partial charge < -0.3 is 19.3 Å². The van der Waals surface area contributed by atoms with Gasteiger partial charge in [0, 0.05) is 31.2 Å². The normalized spacial score (nSPS) is 16.4. The molecule has 1 fully saturated rings. The predicted molar refractivity (Wildman–Crippen MR) is 180 cm³/mol. The summed E-state index contributed by atoms with van der Waals surface area (Å²) >= 11 is 7.44. The second-order valence-electron chi connectivity index (χ2n) is 12.7. The standard InChI is InChI=1S/C36H36ClF2N3O4S/c1-36(2,3)46-35(44)41(4)25-10-12-26(13-11-25)42(34(43)33-31(37)30-27(38)14-15-28(39)32(30)47-33)20-24-18-23(9-16-29(24)45-5)22-8-6-7-21(17-22)19-40/h6-9,14-18,25-26H,10-13,20H2,1-5H3. The van der Waals surface area contributed by atoms with Gasteiger partial charge in [-0.1, -0.05) is 29.8 Å². The van der Waals surface area contributed by atoms with Gasteiger partial charge in [0.15, 0.2) is 0 Å². The summed E-state index contributed by atoms with van der Waals surface area (Å²) in [6.45, 7) is 5.58. The summed E-state index contributed by atoms with van der Waals surface area (Å²) in [4.78, 5) is 30.6. The molecule has 2 amide bonds. The molecule has 47 heavy (non-hydrogen) atoms. The molecule has 0 aliphatic heterocycles. The Bertz CT molecular complexity index is 1860. The van der Waals surface area contributed by atoms with E-state index in [-0.39, 0.29) is 38.6 Å². The van der Waals surface area contributed by atoms with Crippen molar-refractivity contribution in [2.75, 3.05) is 14.2 Å². The molecule has 4 aromatic rings. The Morgan fingerprint density at radius 3 is 2.30 bits per heavy atom. The summed E-state index contributed by atoms with van der Waals surface area (Å²) in [7, 11) is 3.27. The van der Waals surface area contributed by atoms with E-state index in [0.29, 0.717) is 42.6 Å². The van der Waals surface area contributed by atoms with Crippen LogP contribution in [0, 0.1) is 23.0 Å². The van der Waals surface area contributed by atoms with Gasteiger partial charge in [-0.15, -0.1) is 11.3 Å². The zero-order valence-electron chi connectivity index (χ0n) is 26.9. The maximum absolute atomic E-state index is 14.8. The average Bonchev–Trinajstić information content (AvgIpc) is 3.42. The number of carbonyl (C=O) groups is 2. The highest BCUT2D eigenvalue weighted by molar-refractivity contribution is 7.21. The van der Waals surface area contributed by atoms with Gasteiger partial charge in [0.25, 0.3) is 5.91 Å².